The van der Waals surface area contributed by atoms with Crippen molar-refractivity contribution in [1.29, 1.82) is 0 Å². The molecule has 0 radical (unpaired) electrons. The maximum atomic E-state index is 12.2. The predicted octanol–water partition coefficient (Wildman–Crippen LogP) is 3.25. The number of ether oxygens (including phenoxy) is 2. The van der Waals surface area contributed by atoms with Gasteiger partial charge >= 0.3 is 0 Å². The monoisotopic (exact) mass is 286 g/mol. The van der Waals surface area contributed by atoms with Gasteiger partial charge in [-0.25, -0.2) is 0 Å². The highest BCUT2D eigenvalue weighted by molar-refractivity contribution is 6.06. The van der Waals surface area contributed by atoms with E-state index in [9.17, 15) is 9.90 Å². The molecule has 1 aromatic rings. The van der Waals surface area contributed by atoms with Gasteiger partial charge < -0.3 is 14.6 Å². The van der Waals surface area contributed by atoms with E-state index in [1.54, 1.807) is 13.2 Å². The summed E-state index contributed by atoms with van der Waals surface area (Å²) in [5, 5.41) is 9.40. The molecule has 0 saturated heterocycles. The van der Waals surface area contributed by atoms with Crippen LogP contribution in [0.15, 0.2) is 54.3 Å². The van der Waals surface area contributed by atoms with Gasteiger partial charge in [0, 0.05) is 6.07 Å². The van der Waals surface area contributed by atoms with Crippen LogP contribution in [0, 0.1) is 5.92 Å². The normalized spacial score (nSPS) is 17.6. The van der Waals surface area contributed by atoms with Gasteiger partial charge in [0.25, 0.3) is 0 Å². The van der Waals surface area contributed by atoms with Crippen LogP contribution in [-0.2, 0) is 4.74 Å². The summed E-state index contributed by atoms with van der Waals surface area (Å²) in [5.41, 5.74) is 0.430. The third-order valence-corrected chi connectivity index (χ3v) is 3.28. The Labute approximate surface area is 124 Å². The van der Waals surface area contributed by atoms with E-state index >= 15 is 0 Å². The molecule has 0 aliphatic heterocycles. The average molecular weight is 286 g/mol. The van der Waals surface area contributed by atoms with Crippen molar-refractivity contribution in [2.45, 2.75) is 6.42 Å². The van der Waals surface area contributed by atoms with Crippen molar-refractivity contribution in [2.24, 2.45) is 5.92 Å². The summed E-state index contributed by atoms with van der Waals surface area (Å²) >= 11 is 0. The SMILES string of the molecule is COC1=CCC(C=CC(=O)c2ccc(O)cc2OC)C=C1. The molecule has 21 heavy (non-hydrogen) atoms. The van der Waals surface area contributed by atoms with Crippen LogP contribution < -0.4 is 4.74 Å². The molecule has 1 atom stereocenters. The number of ketones is 1. The Morgan fingerprint density at radius 3 is 2.76 bits per heavy atom. The summed E-state index contributed by atoms with van der Waals surface area (Å²) in [5.74, 6) is 1.30. The van der Waals surface area contributed by atoms with E-state index in [4.69, 9.17) is 9.47 Å². The number of carbonyl (C=O) groups is 1. The molecule has 1 unspecified atom stereocenters. The van der Waals surface area contributed by atoms with Gasteiger partial charge in [-0.3, -0.25) is 4.79 Å². The number of phenols is 1. The second kappa shape index (κ2) is 6.79. The number of phenolic OH excluding ortho intramolecular Hbond substituents is 1. The lowest BCUT2D eigenvalue weighted by molar-refractivity contribution is 0.104. The summed E-state index contributed by atoms with van der Waals surface area (Å²) in [4.78, 5) is 12.2. The van der Waals surface area contributed by atoms with E-state index < -0.39 is 0 Å². The summed E-state index contributed by atoms with van der Waals surface area (Å²) < 4.78 is 10.2. The van der Waals surface area contributed by atoms with Gasteiger partial charge in [0.1, 0.15) is 17.3 Å². The number of allylic oxidation sites excluding steroid dienone is 5. The van der Waals surface area contributed by atoms with Crippen LogP contribution in [0.4, 0.5) is 0 Å². The summed E-state index contributed by atoms with van der Waals surface area (Å²) in [6.45, 7) is 0. The van der Waals surface area contributed by atoms with Crippen molar-refractivity contribution in [3.8, 4) is 11.5 Å². The fraction of sp³-hybridized carbons (Fsp3) is 0.235. The van der Waals surface area contributed by atoms with Gasteiger partial charge in [0.15, 0.2) is 5.78 Å². The van der Waals surface area contributed by atoms with Crippen LogP contribution in [-0.4, -0.2) is 25.1 Å². The van der Waals surface area contributed by atoms with Gasteiger partial charge in [-0.15, -0.1) is 0 Å². The molecule has 1 N–H and O–H groups in total. The van der Waals surface area contributed by atoms with Crippen LogP contribution in [0.2, 0.25) is 0 Å². The first-order chi connectivity index (χ1) is 10.1. The minimum atomic E-state index is -0.151. The van der Waals surface area contributed by atoms with Crippen molar-refractivity contribution >= 4 is 5.78 Å². The first-order valence-electron chi connectivity index (χ1n) is 6.66. The molecule has 0 fully saturated rings. The van der Waals surface area contributed by atoms with E-state index in [2.05, 4.69) is 0 Å². The molecule has 0 amide bonds. The molecule has 110 valence electrons. The molecule has 0 spiro atoms. The summed E-state index contributed by atoms with van der Waals surface area (Å²) in [6.07, 6.45) is 10.1. The number of benzene rings is 1. The van der Waals surface area contributed by atoms with E-state index in [0.29, 0.717) is 11.3 Å². The second-order valence-corrected chi connectivity index (χ2v) is 4.68. The molecule has 0 saturated carbocycles. The minimum absolute atomic E-state index is 0.0693. The highest BCUT2D eigenvalue weighted by atomic mass is 16.5. The fourth-order valence-corrected chi connectivity index (χ4v) is 2.10. The number of hydrogen-bond donors (Lipinski definition) is 1. The van der Waals surface area contributed by atoms with Crippen LogP contribution in [0.5, 0.6) is 11.5 Å². The molecule has 4 nitrogen and oxygen atoms in total. The third-order valence-electron chi connectivity index (χ3n) is 3.28. The van der Waals surface area contributed by atoms with Crippen LogP contribution >= 0.6 is 0 Å². The van der Waals surface area contributed by atoms with E-state index in [0.717, 1.165) is 12.2 Å². The Bertz CT molecular complexity index is 611. The second-order valence-electron chi connectivity index (χ2n) is 4.68. The first kappa shape index (κ1) is 14.9. The molecule has 4 heteroatoms. The van der Waals surface area contributed by atoms with Crippen molar-refractivity contribution in [2.75, 3.05) is 14.2 Å². The minimum Gasteiger partial charge on any atom is -0.508 e. The lowest BCUT2D eigenvalue weighted by Crippen LogP contribution is -2.01. The summed E-state index contributed by atoms with van der Waals surface area (Å²) in [6, 6.07) is 4.45. The molecule has 1 aromatic carbocycles. The van der Waals surface area contributed by atoms with E-state index in [-0.39, 0.29) is 17.5 Å². The quantitative estimate of drug-likeness (QED) is 0.667. The van der Waals surface area contributed by atoms with Crippen molar-refractivity contribution < 1.29 is 19.4 Å². The van der Waals surface area contributed by atoms with Gasteiger partial charge in [-0.1, -0.05) is 12.2 Å². The molecule has 1 aliphatic rings. The summed E-state index contributed by atoms with van der Waals surface area (Å²) in [7, 11) is 3.10. The zero-order valence-electron chi connectivity index (χ0n) is 12.1. The molecule has 0 bridgehead atoms. The fourth-order valence-electron chi connectivity index (χ4n) is 2.10. The number of rotatable bonds is 5. The third kappa shape index (κ3) is 3.75. The number of aromatic hydroxyl groups is 1. The molecule has 1 aliphatic carbocycles. The molecule has 0 aromatic heterocycles. The Morgan fingerprint density at radius 2 is 2.14 bits per heavy atom. The van der Waals surface area contributed by atoms with Crippen molar-refractivity contribution in [1.82, 2.24) is 0 Å². The largest absolute Gasteiger partial charge is 0.508 e. The maximum Gasteiger partial charge on any atom is 0.189 e. The lowest BCUT2D eigenvalue weighted by atomic mass is 9.98. The van der Waals surface area contributed by atoms with E-state index in [1.807, 2.05) is 24.3 Å². The average Bonchev–Trinajstić information content (AvgIpc) is 2.52. The van der Waals surface area contributed by atoms with Crippen LogP contribution in [0.1, 0.15) is 16.8 Å². The number of carbonyl (C=O) groups excluding carboxylic acids is 1. The molecule has 0 heterocycles. The maximum absolute atomic E-state index is 12.2. The Kier molecular flexibility index (Phi) is 4.82. The van der Waals surface area contributed by atoms with Gasteiger partial charge in [0.05, 0.1) is 19.8 Å². The van der Waals surface area contributed by atoms with Gasteiger partial charge in [-0.05, 0) is 42.7 Å². The van der Waals surface area contributed by atoms with Crippen molar-refractivity contribution in [3.63, 3.8) is 0 Å². The van der Waals surface area contributed by atoms with Gasteiger partial charge in [-0.2, -0.15) is 0 Å². The number of hydrogen-bond acceptors (Lipinski definition) is 4. The smallest absolute Gasteiger partial charge is 0.189 e. The highest BCUT2D eigenvalue weighted by Crippen LogP contribution is 2.25. The van der Waals surface area contributed by atoms with Crippen LogP contribution in [0.25, 0.3) is 0 Å². The zero-order valence-corrected chi connectivity index (χ0v) is 12.1. The Hall–Kier alpha value is -2.49. The predicted molar refractivity (Wildman–Crippen MR) is 80.5 cm³/mol. The van der Waals surface area contributed by atoms with Crippen LogP contribution in [0.3, 0.4) is 0 Å². The standard InChI is InChI=1S/C17H18O4/c1-20-14-7-3-12(4-8-14)5-10-16(19)15-9-6-13(18)11-17(15)21-2/h3,5-12,18H,4H2,1-2H3. The molecular formula is C17H18O4. The lowest BCUT2D eigenvalue weighted by Gasteiger charge is -2.11. The Balaban J connectivity index is 2.07. The van der Waals surface area contributed by atoms with E-state index in [1.165, 1.54) is 25.3 Å². The number of methoxy groups -OCH3 is 2. The first-order valence-corrected chi connectivity index (χ1v) is 6.66. The highest BCUT2D eigenvalue weighted by Gasteiger charge is 2.11. The Morgan fingerprint density at radius 1 is 1.33 bits per heavy atom. The topological polar surface area (TPSA) is 55.8 Å². The zero-order chi connectivity index (χ0) is 15.2. The van der Waals surface area contributed by atoms with Gasteiger partial charge in [0.2, 0.25) is 0 Å². The molecule has 2 rings (SSSR count). The molecular weight excluding hydrogens is 268 g/mol. The van der Waals surface area contributed by atoms with Crippen molar-refractivity contribution in [3.05, 3.63) is 59.9 Å².